The lowest BCUT2D eigenvalue weighted by Gasteiger charge is -2.35. The average molecular weight is 239 g/mol. The maximum Gasteiger partial charge on any atom is 0.107 e. The number of nitrogens with two attached hydrogens (primary N) is 1. The molecule has 1 fully saturated rings. The van der Waals surface area contributed by atoms with Crippen LogP contribution in [0.3, 0.4) is 0 Å². The molecule has 1 aliphatic rings. The molecule has 2 rings (SSSR count). The zero-order valence-electron chi connectivity index (χ0n) is 10.1. The molecule has 1 aliphatic heterocycles. The fourth-order valence-corrected chi connectivity index (χ4v) is 3.14. The first kappa shape index (κ1) is 12.0. The van der Waals surface area contributed by atoms with Crippen molar-refractivity contribution in [2.24, 2.45) is 5.73 Å². The third kappa shape index (κ3) is 2.81. The molecule has 90 valence electrons. The predicted molar refractivity (Wildman–Crippen MR) is 68.6 cm³/mol. The van der Waals surface area contributed by atoms with Crippen LogP contribution < -0.4 is 5.73 Å². The molecule has 1 aromatic rings. The van der Waals surface area contributed by atoms with Gasteiger partial charge < -0.3 is 5.73 Å². The minimum atomic E-state index is 0.397. The van der Waals surface area contributed by atoms with Crippen LogP contribution >= 0.6 is 11.3 Å². The van der Waals surface area contributed by atoms with E-state index < -0.39 is 0 Å². The lowest BCUT2D eigenvalue weighted by Crippen LogP contribution is -2.44. The van der Waals surface area contributed by atoms with Crippen LogP contribution in [0.4, 0.5) is 0 Å². The summed E-state index contributed by atoms with van der Waals surface area (Å²) in [7, 11) is 0. The predicted octanol–water partition coefficient (Wildman–Crippen LogP) is 2.02. The lowest BCUT2D eigenvalue weighted by atomic mass is 9.99. The summed E-state index contributed by atoms with van der Waals surface area (Å²) in [4.78, 5) is 8.37. The van der Waals surface area contributed by atoms with Crippen molar-refractivity contribution in [3.05, 3.63) is 16.1 Å². The Labute approximate surface area is 102 Å². The summed E-state index contributed by atoms with van der Waals surface area (Å²) in [5.74, 6) is 0. The molecular formula is C12H21N3S. The maximum absolute atomic E-state index is 5.97. The lowest BCUT2D eigenvalue weighted by molar-refractivity contribution is 0.140. The van der Waals surface area contributed by atoms with E-state index in [0.29, 0.717) is 12.1 Å². The van der Waals surface area contributed by atoms with E-state index in [0.717, 1.165) is 32.4 Å². The van der Waals surface area contributed by atoms with Gasteiger partial charge in [0, 0.05) is 29.7 Å². The Kier molecular flexibility index (Phi) is 3.95. The summed E-state index contributed by atoms with van der Waals surface area (Å²) < 4.78 is 0. The van der Waals surface area contributed by atoms with Gasteiger partial charge in [-0.2, -0.15) is 0 Å². The standard InChI is InChI=1S/C12H21N3S/c1-3-11-7-14-12(16-11)8-15-5-4-10(13)6-9(15)2/h7,9-10H,3-6,8,13H2,1-2H3. The minimum Gasteiger partial charge on any atom is -0.328 e. The zero-order valence-corrected chi connectivity index (χ0v) is 11.0. The molecule has 0 amide bonds. The van der Waals surface area contributed by atoms with E-state index in [-0.39, 0.29) is 0 Å². The summed E-state index contributed by atoms with van der Waals surface area (Å²) in [6.45, 7) is 6.56. The van der Waals surface area contributed by atoms with Crippen LogP contribution in [0.5, 0.6) is 0 Å². The van der Waals surface area contributed by atoms with Crippen LogP contribution in [0.2, 0.25) is 0 Å². The molecule has 0 spiro atoms. The number of thiazole rings is 1. The number of rotatable bonds is 3. The second-order valence-electron chi connectivity index (χ2n) is 4.68. The number of likely N-dealkylation sites (tertiary alicyclic amines) is 1. The molecule has 16 heavy (non-hydrogen) atoms. The topological polar surface area (TPSA) is 42.2 Å². The first-order valence-electron chi connectivity index (χ1n) is 6.12. The average Bonchev–Trinajstić information content (AvgIpc) is 2.70. The quantitative estimate of drug-likeness (QED) is 0.877. The van der Waals surface area contributed by atoms with Gasteiger partial charge in [-0.1, -0.05) is 6.92 Å². The van der Waals surface area contributed by atoms with Gasteiger partial charge in [0.15, 0.2) is 0 Å². The van der Waals surface area contributed by atoms with Gasteiger partial charge in [-0.3, -0.25) is 4.90 Å². The third-order valence-electron chi connectivity index (χ3n) is 3.34. The Balaban J connectivity index is 1.93. The Morgan fingerprint density at radius 1 is 1.62 bits per heavy atom. The highest BCUT2D eigenvalue weighted by Crippen LogP contribution is 2.21. The molecule has 0 bridgehead atoms. The molecule has 0 radical (unpaired) electrons. The normalized spacial score (nSPS) is 27.2. The molecule has 1 aromatic heterocycles. The van der Waals surface area contributed by atoms with Gasteiger partial charge in [-0.05, 0) is 26.2 Å². The van der Waals surface area contributed by atoms with Crippen LogP contribution in [0.1, 0.15) is 36.6 Å². The van der Waals surface area contributed by atoms with Crippen LogP contribution in [0, 0.1) is 0 Å². The number of piperidine rings is 1. The van der Waals surface area contributed by atoms with E-state index in [1.54, 1.807) is 0 Å². The molecule has 0 aromatic carbocycles. The van der Waals surface area contributed by atoms with Crippen LogP contribution in [-0.4, -0.2) is 28.5 Å². The highest BCUT2D eigenvalue weighted by atomic mass is 32.1. The van der Waals surface area contributed by atoms with E-state index in [1.165, 1.54) is 9.88 Å². The molecular weight excluding hydrogens is 218 g/mol. The molecule has 2 heterocycles. The second-order valence-corrected chi connectivity index (χ2v) is 5.88. The van der Waals surface area contributed by atoms with Gasteiger partial charge in [-0.25, -0.2) is 4.98 Å². The minimum absolute atomic E-state index is 0.397. The van der Waals surface area contributed by atoms with E-state index >= 15 is 0 Å². The molecule has 3 nitrogen and oxygen atoms in total. The van der Waals surface area contributed by atoms with Crippen molar-refractivity contribution in [3.63, 3.8) is 0 Å². The summed E-state index contributed by atoms with van der Waals surface area (Å²) in [6.07, 6.45) is 5.35. The Hall–Kier alpha value is -0.450. The maximum atomic E-state index is 5.97. The largest absolute Gasteiger partial charge is 0.328 e. The van der Waals surface area contributed by atoms with Gasteiger partial charge in [-0.15, -0.1) is 11.3 Å². The van der Waals surface area contributed by atoms with Crippen LogP contribution in [0.15, 0.2) is 6.20 Å². The number of hydrogen-bond donors (Lipinski definition) is 1. The third-order valence-corrected chi connectivity index (χ3v) is 4.47. The molecule has 0 saturated carbocycles. The summed E-state index contributed by atoms with van der Waals surface area (Å²) in [6, 6.07) is 0.992. The van der Waals surface area contributed by atoms with Crippen molar-refractivity contribution < 1.29 is 0 Å². The summed E-state index contributed by atoms with van der Waals surface area (Å²) >= 11 is 1.85. The first-order valence-corrected chi connectivity index (χ1v) is 6.94. The molecule has 2 unspecified atom stereocenters. The molecule has 1 saturated heterocycles. The molecule has 2 atom stereocenters. The highest BCUT2D eigenvalue weighted by Gasteiger charge is 2.23. The number of aryl methyl sites for hydroxylation is 1. The van der Waals surface area contributed by atoms with Gasteiger partial charge in [0.2, 0.25) is 0 Å². The molecule has 0 aliphatic carbocycles. The van der Waals surface area contributed by atoms with Crippen molar-refractivity contribution in [1.29, 1.82) is 0 Å². The van der Waals surface area contributed by atoms with Crippen LogP contribution in [-0.2, 0) is 13.0 Å². The second kappa shape index (κ2) is 5.25. The number of nitrogens with zero attached hydrogens (tertiary/aromatic N) is 2. The first-order chi connectivity index (χ1) is 7.69. The van der Waals surface area contributed by atoms with Gasteiger partial charge in [0.1, 0.15) is 5.01 Å². The van der Waals surface area contributed by atoms with Crippen LogP contribution in [0.25, 0.3) is 0 Å². The van der Waals surface area contributed by atoms with E-state index in [9.17, 15) is 0 Å². The van der Waals surface area contributed by atoms with Crippen molar-refractivity contribution in [2.45, 2.75) is 51.7 Å². The monoisotopic (exact) mass is 239 g/mol. The van der Waals surface area contributed by atoms with Gasteiger partial charge >= 0.3 is 0 Å². The van der Waals surface area contributed by atoms with Crippen molar-refractivity contribution >= 4 is 11.3 Å². The fraction of sp³-hybridized carbons (Fsp3) is 0.750. The Bertz CT molecular complexity index is 337. The van der Waals surface area contributed by atoms with Gasteiger partial charge in [0.25, 0.3) is 0 Å². The van der Waals surface area contributed by atoms with Crippen molar-refractivity contribution in [2.75, 3.05) is 6.54 Å². The van der Waals surface area contributed by atoms with E-state index in [2.05, 4.69) is 23.7 Å². The SMILES string of the molecule is CCc1cnc(CN2CCC(N)CC2C)s1. The zero-order chi connectivity index (χ0) is 11.5. The Morgan fingerprint density at radius 3 is 3.06 bits per heavy atom. The summed E-state index contributed by atoms with van der Waals surface area (Å²) in [5, 5.41) is 1.25. The Morgan fingerprint density at radius 2 is 2.44 bits per heavy atom. The smallest absolute Gasteiger partial charge is 0.107 e. The number of aromatic nitrogens is 1. The highest BCUT2D eigenvalue weighted by molar-refractivity contribution is 7.11. The summed E-state index contributed by atoms with van der Waals surface area (Å²) in [5.41, 5.74) is 5.97. The molecule has 4 heteroatoms. The van der Waals surface area contributed by atoms with Crippen molar-refractivity contribution in [1.82, 2.24) is 9.88 Å². The van der Waals surface area contributed by atoms with Crippen molar-refractivity contribution in [3.8, 4) is 0 Å². The molecule has 2 N–H and O–H groups in total. The van der Waals surface area contributed by atoms with E-state index in [4.69, 9.17) is 5.73 Å². The fourth-order valence-electron chi connectivity index (χ4n) is 2.25. The van der Waals surface area contributed by atoms with Gasteiger partial charge in [0.05, 0.1) is 6.54 Å². The van der Waals surface area contributed by atoms with E-state index in [1.807, 2.05) is 17.5 Å². The number of hydrogen-bond acceptors (Lipinski definition) is 4.